The van der Waals surface area contributed by atoms with Gasteiger partial charge in [-0.05, 0) is 25.3 Å². The Bertz CT molecular complexity index is 883. The van der Waals surface area contributed by atoms with Gasteiger partial charge in [0.15, 0.2) is 5.03 Å². The van der Waals surface area contributed by atoms with Crippen LogP contribution in [0.3, 0.4) is 0 Å². The molecule has 6 N–H and O–H groups in total. The molecule has 2 atom stereocenters. The van der Waals surface area contributed by atoms with Gasteiger partial charge in [0.1, 0.15) is 0 Å². The number of guanidine groups is 1. The Morgan fingerprint density at radius 3 is 2.67 bits per heavy atom. The first-order chi connectivity index (χ1) is 15.2. The summed E-state index contributed by atoms with van der Waals surface area (Å²) in [7, 11) is 0. The van der Waals surface area contributed by atoms with Crippen molar-refractivity contribution in [1.82, 2.24) is 16.1 Å². The molecule has 2 rings (SSSR count). The van der Waals surface area contributed by atoms with Crippen LogP contribution < -0.4 is 27.1 Å². The highest BCUT2D eigenvalue weighted by Crippen LogP contribution is 2.18. The number of carbonyl (C=O) groups excluding carboxylic acids is 2. The Kier molecular flexibility index (Phi) is 11.5. The minimum atomic E-state index is -0.789. The van der Waals surface area contributed by atoms with Crippen LogP contribution in [0.25, 0.3) is 0 Å². The van der Waals surface area contributed by atoms with Gasteiger partial charge in [0.25, 0.3) is 11.6 Å². The van der Waals surface area contributed by atoms with E-state index >= 15 is 0 Å². The Hall–Kier alpha value is -3.52. The SMILES string of the molecule is Cl.NC(=NCCCCCC(=O)N[C@@H]1CN[C@H](C(=O)Nc2cccc([N+](=O)[O-])c2)C1)N[N+](=O)[O-]. The number of nitrogens with one attached hydrogen (secondary N) is 4. The molecule has 0 bridgehead atoms. The van der Waals surface area contributed by atoms with Crippen molar-refractivity contribution in [2.24, 2.45) is 10.7 Å². The number of carbonyl (C=O) groups is 2. The van der Waals surface area contributed by atoms with Crippen LogP contribution in [0, 0.1) is 20.2 Å². The lowest BCUT2D eigenvalue weighted by atomic mass is 10.1. The molecule has 15 heteroatoms. The summed E-state index contributed by atoms with van der Waals surface area (Å²) < 4.78 is 0. The summed E-state index contributed by atoms with van der Waals surface area (Å²) in [4.78, 5) is 48.8. The van der Waals surface area contributed by atoms with Gasteiger partial charge >= 0.3 is 0 Å². The Morgan fingerprint density at radius 1 is 1.21 bits per heavy atom. The third-order valence-electron chi connectivity index (χ3n) is 4.69. The van der Waals surface area contributed by atoms with Gasteiger partial charge in [0.05, 0.1) is 11.0 Å². The summed E-state index contributed by atoms with van der Waals surface area (Å²) in [6, 6.07) is 4.97. The number of nitrogens with zero attached hydrogens (tertiary/aromatic N) is 3. The predicted molar refractivity (Wildman–Crippen MR) is 122 cm³/mol. The number of hydrogen-bond donors (Lipinski definition) is 5. The van der Waals surface area contributed by atoms with Crippen molar-refractivity contribution in [2.45, 2.75) is 44.2 Å². The van der Waals surface area contributed by atoms with Crippen molar-refractivity contribution in [2.75, 3.05) is 18.4 Å². The lowest BCUT2D eigenvalue weighted by molar-refractivity contribution is -0.525. The number of hydrogen-bond acceptors (Lipinski definition) is 8. The first kappa shape index (κ1) is 27.5. The minimum absolute atomic E-state index is 0. The van der Waals surface area contributed by atoms with Crippen LogP contribution in [0.2, 0.25) is 0 Å². The Labute approximate surface area is 195 Å². The maximum absolute atomic E-state index is 12.4. The van der Waals surface area contributed by atoms with Crippen molar-refractivity contribution in [3.05, 3.63) is 44.5 Å². The number of nitro benzene ring substituents is 1. The zero-order chi connectivity index (χ0) is 23.5. The molecule has 2 amide bonds. The van der Waals surface area contributed by atoms with Crippen LogP contribution in [0.5, 0.6) is 0 Å². The molecule has 0 aromatic heterocycles. The van der Waals surface area contributed by atoms with Crippen molar-refractivity contribution in [3.8, 4) is 0 Å². The number of benzene rings is 1. The number of amides is 2. The zero-order valence-corrected chi connectivity index (χ0v) is 18.5. The van der Waals surface area contributed by atoms with E-state index in [1.165, 1.54) is 18.2 Å². The molecule has 0 saturated carbocycles. The zero-order valence-electron chi connectivity index (χ0n) is 17.7. The molecule has 0 unspecified atom stereocenters. The highest BCUT2D eigenvalue weighted by atomic mass is 35.5. The van der Waals surface area contributed by atoms with E-state index in [0.717, 1.165) is 0 Å². The van der Waals surface area contributed by atoms with Crippen LogP contribution in [0.4, 0.5) is 11.4 Å². The van der Waals surface area contributed by atoms with Gasteiger partial charge in [0.2, 0.25) is 11.8 Å². The maximum atomic E-state index is 12.4. The van der Waals surface area contributed by atoms with Gasteiger partial charge in [-0.2, -0.15) is 0 Å². The largest absolute Gasteiger partial charge is 0.365 e. The lowest BCUT2D eigenvalue weighted by Gasteiger charge is -2.13. The molecule has 1 heterocycles. The maximum Gasteiger partial charge on any atom is 0.271 e. The fraction of sp³-hybridized carbons (Fsp3) is 0.500. The van der Waals surface area contributed by atoms with Gasteiger partial charge in [-0.1, -0.05) is 17.9 Å². The smallest absolute Gasteiger partial charge is 0.271 e. The third-order valence-corrected chi connectivity index (χ3v) is 4.69. The number of hydrazine groups is 1. The van der Waals surface area contributed by atoms with E-state index in [1.54, 1.807) is 11.5 Å². The number of nitro groups is 2. The molecule has 1 saturated heterocycles. The molecular formula is C18H27ClN8O6. The predicted octanol–water partition coefficient (Wildman–Crippen LogP) is 0.458. The third kappa shape index (κ3) is 10.1. The van der Waals surface area contributed by atoms with Gasteiger partial charge in [-0.3, -0.25) is 19.7 Å². The Morgan fingerprint density at radius 2 is 1.97 bits per heavy atom. The van der Waals surface area contributed by atoms with Crippen LogP contribution in [0.1, 0.15) is 32.1 Å². The normalized spacial score (nSPS) is 17.5. The van der Waals surface area contributed by atoms with E-state index in [-0.39, 0.29) is 41.9 Å². The first-order valence-electron chi connectivity index (χ1n) is 10.0. The molecular weight excluding hydrogens is 460 g/mol. The molecule has 1 aromatic rings. The second-order valence-corrected chi connectivity index (χ2v) is 7.20. The number of rotatable bonds is 11. The second kappa shape index (κ2) is 13.8. The highest BCUT2D eigenvalue weighted by Gasteiger charge is 2.30. The molecule has 14 nitrogen and oxygen atoms in total. The number of unbranched alkanes of at least 4 members (excludes halogenated alkanes) is 2. The molecule has 0 spiro atoms. The molecule has 0 radical (unpaired) electrons. The average Bonchev–Trinajstić information content (AvgIpc) is 3.18. The second-order valence-electron chi connectivity index (χ2n) is 7.20. The van der Waals surface area contributed by atoms with Crippen molar-refractivity contribution in [1.29, 1.82) is 0 Å². The minimum Gasteiger partial charge on any atom is -0.365 e. The van der Waals surface area contributed by atoms with Gasteiger partial charge in [-0.25, -0.2) is 15.1 Å². The highest BCUT2D eigenvalue weighted by molar-refractivity contribution is 5.95. The van der Waals surface area contributed by atoms with Gasteiger partial charge in [0, 0.05) is 43.4 Å². The molecule has 0 aliphatic carbocycles. The van der Waals surface area contributed by atoms with E-state index in [2.05, 4.69) is 20.9 Å². The number of anilines is 1. The van der Waals surface area contributed by atoms with E-state index in [4.69, 9.17) is 5.73 Å². The summed E-state index contributed by atoms with van der Waals surface area (Å²) in [5.41, 5.74) is 7.26. The van der Waals surface area contributed by atoms with E-state index in [9.17, 15) is 29.8 Å². The van der Waals surface area contributed by atoms with E-state index in [0.29, 0.717) is 50.9 Å². The van der Waals surface area contributed by atoms with E-state index < -0.39 is 16.0 Å². The van der Waals surface area contributed by atoms with Crippen molar-refractivity contribution < 1.29 is 19.5 Å². The molecule has 1 aromatic carbocycles. The van der Waals surface area contributed by atoms with E-state index in [1.807, 2.05) is 0 Å². The standard InChI is InChI=1S/C18H26N8O6.ClH/c19-18(24-26(31)32)20-8-3-1-2-7-16(27)22-13-10-15(21-11-13)17(28)23-12-5-4-6-14(9-12)25(29)30;/h4-6,9,13,15,21H,1-3,7-8,10-11H2,(H,22,27)(H,23,28)(H3,19,20,24);1H/t13-,15-;/m0./s1. The monoisotopic (exact) mass is 486 g/mol. The average molecular weight is 487 g/mol. The van der Waals surface area contributed by atoms with Gasteiger partial charge in [-0.15, -0.1) is 12.4 Å². The summed E-state index contributed by atoms with van der Waals surface area (Å²) >= 11 is 0. The van der Waals surface area contributed by atoms with Gasteiger partial charge < -0.3 is 21.7 Å². The number of aliphatic imine (C=N–C) groups is 1. The summed E-state index contributed by atoms with van der Waals surface area (Å²) in [5.74, 6) is -0.714. The molecule has 33 heavy (non-hydrogen) atoms. The topological polar surface area (TPSA) is 207 Å². The van der Waals surface area contributed by atoms with Crippen LogP contribution >= 0.6 is 12.4 Å². The number of non-ortho nitro benzene ring substituents is 1. The number of halogens is 1. The van der Waals surface area contributed by atoms with Crippen molar-refractivity contribution in [3.63, 3.8) is 0 Å². The quantitative estimate of drug-likeness (QED) is 0.0965. The first-order valence-corrected chi connectivity index (χ1v) is 10.0. The van der Waals surface area contributed by atoms with Crippen molar-refractivity contribution >= 4 is 41.6 Å². The number of nitrogens with two attached hydrogens (primary N) is 1. The molecule has 1 fully saturated rings. The lowest BCUT2D eigenvalue weighted by Crippen LogP contribution is -2.36. The molecule has 1 aliphatic rings. The summed E-state index contributed by atoms with van der Waals surface area (Å²) in [6.07, 6.45) is 2.69. The summed E-state index contributed by atoms with van der Waals surface area (Å²) in [6.45, 7) is 0.762. The fourth-order valence-electron chi connectivity index (χ4n) is 3.17. The van der Waals surface area contributed by atoms with Crippen LogP contribution in [-0.4, -0.2) is 52.9 Å². The fourth-order valence-corrected chi connectivity index (χ4v) is 3.17. The summed E-state index contributed by atoms with van der Waals surface area (Å²) in [5, 5.41) is 28.8. The Balaban J connectivity index is 0.00000544. The van der Waals surface area contributed by atoms with Crippen LogP contribution in [-0.2, 0) is 9.59 Å². The molecule has 182 valence electrons. The molecule has 1 aliphatic heterocycles. The van der Waals surface area contributed by atoms with Crippen LogP contribution in [0.15, 0.2) is 29.3 Å².